The zero-order valence-corrected chi connectivity index (χ0v) is 9.31. The molecule has 0 fully saturated rings. The number of aryl methyl sites for hydroxylation is 1. The lowest BCUT2D eigenvalue weighted by molar-refractivity contribution is 0.970. The highest BCUT2D eigenvalue weighted by molar-refractivity contribution is 8.00. The Kier molecular flexibility index (Phi) is 4.95. The van der Waals surface area contributed by atoms with Crippen molar-refractivity contribution >= 4 is 34.9 Å². The van der Waals surface area contributed by atoms with Crippen LogP contribution in [0.4, 0.5) is 0 Å². The van der Waals surface area contributed by atoms with Crippen molar-refractivity contribution in [1.82, 2.24) is 9.36 Å². The monoisotopic (exact) mass is 222 g/mol. The Bertz CT molecular complexity index is 227. The van der Waals surface area contributed by atoms with Crippen molar-refractivity contribution in [1.29, 1.82) is 0 Å². The lowest BCUT2D eigenvalue weighted by Gasteiger charge is -1.91. The number of halogens is 1. The van der Waals surface area contributed by atoms with Gasteiger partial charge in [-0.15, -0.1) is 11.6 Å². The summed E-state index contributed by atoms with van der Waals surface area (Å²) in [6, 6.07) is 0. The van der Waals surface area contributed by atoms with Crippen molar-refractivity contribution in [3.63, 3.8) is 0 Å². The Labute approximate surface area is 85.9 Å². The normalized spacial score (nSPS) is 10.5. The predicted octanol–water partition coefficient (Wildman–Crippen LogP) is 2.82. The minimum atomic E-state index is 0.729. The maximum Gasteiger partial charge on any atom is 0.170 e. The molecule has 0 aromatic carbocycles. The standard InChI is InChI=1S/C7H11ClN2S2/c1-2-6-9-7(12-10-6)11-5-3-4-8/h2-5H2,1H3. The first-order chi connectivity index (χ1) is 5.86. The number of hydrogen-bond acceptors (Lipinski definition) is 4. The van der Waals surface area contributed by atoms with E-state index in [1.165, 1.54) is 11.5 Å². The third-order valence-electron chi connectivity index (χ3n) is 1.27. The summed E-state index contributed by atoms with van der Waals surface area (Å²) in [5.41, 5.74) is 0. The number of rotatable bonds is 5. The van der Waals surface area contributed by atoms with Gasteiger partial charge in [-0.3, -0.25) is 0 Å². The van der Waals surface area contributed by atoms with E-state index in [1.807, 2.05) is 0 Å². The quantitative estimate of drug-likeness (QED) is 0.435. The Morgan fingerprint density at radius 3 is 3.00 bits per heavy atom. The molecule has 0 saturated carbocycles. The van der Waals surface area contributed by atoms with Gasteiger partial charge in [0.05, 0.1) is 0 Å². The van der Waals surface area contributed by atoms with Crippen LogP contribution in [0, 0.1) is 0 Å². The summed E-state index contributed by atoms with van der Waals surface area (Å²) in [7, 11) is 0. The number of aromatic nitrogens is 2. The van der Waals surface area contributed by atoms with Crippen molar-refractivity contribution in [3.8, 4) is 0 Å². The summed E-state index contributed by atoms with van der Waals surface area (Å²) < 4.78 is 5.26. The molecule has 5 heteroatoms. The Hall–Kier alpha value is 0.200. The van der Waals surface area contributed by atoms with Crippen LogP contribution < -0.4 is 0 Å². The van der Waals surface area contributed by atoms with E-state index in [-0.39, 0.29) is 0 Å². The van der Waals surface area contributed by atoms with Gasteiger partial charge < -0.3 is 0 Å². The highest BCUT2D eigenvalue weighted by Crippen LogP contribution is 2.20. The van der Waals surface area contributed by atoms with Crippen molar-refractivity contribution in [2.75, 3.05) is 11.6 Å². The zero-order valence-electron chi connectivity index (χ0n) is 6.92. The maximum absolute atomic E-state index is 5.55. The predicted molar refractivity (Wildman–Crippen MR) is 55.3 cm³/mol. The van der Waals surface area contributed by atoms with E-state index < -0.39 is 0 Å². The van der Waals surface area contributed by atoms with Gasteiger partial charge in [-0.05, 0) is 18.0 Å². The molecule has 0 saturated heterocycles. The van der Waals surface area contributed by atoms with E-state index in [4.69, 9.17) is 11.6 Å². The lowest BCUT2D eigenvalue weighted by Crippen LogP contribution is -1.83. The average molecular weight is 223 g/mol. The first-order valence-corrected chi connectivity index (χ1v) is 6.17. The molecule has 1 rings (SSSR count). The van der Waals surface area contributed by atoms with E-state index >= 15 is 0 Å². The molecule has 68 valence electrons. The summed E-state index contributed by atoms with van der Waals surface area (Å²) in [6.07, 6.45) is 1.96. The summed E-state index contributed by atoms with van der Waals surface area (Å²) in [4.78, 5) is 4.33. The van der Waals surface area contributed by atoms with E-state index in [2.05, 4.69) is 16.3 Å². The van der Waals surface area contributed by atoms with Crippen LogP contribution in [-0.4, -0.2) is 21.0 Å². The molecule has 0 aliphatic rings. The smallest absolute Gasteiger partial charge is 0.170 e. The second-order valence-corrected chi connectivity index (χ2v) is 4.69. The van der Waals surface area contributed by atoms with Gasteiger partial charge in [-0.25, -0.2) is 4.98 Å². The summed E-state index contributed by atoms with van der Waals surface area (Å²) >= 11 is 8.78. The van der Waals surface area contributed by atoms with Gasteiger partial charge in [0.2, 0.25) is 0 Å². The molecule has 12 heavy (non-hydrogen) atoms. The molecular weight excluding hydrogens is 212 g/mol. The summed E-state index contributed by atoms with van der Waals surface area (Å²) in [5.74, 6) is 2.72. The first-order valence-electron chi connectivity index (χ1n) is 3.88. The van der Waals surface area contributed by atoms with Crippen molar-refractivity contribution in [3.05, 3.63) is 5.82 Å². The fraction of sp³-hybridized carbons (Fsp3) is 0.714. The molecule has 2 nitrogen and oxygen atoms in total. The first kappa shape index (κ1) is 10.3. The molecule has 0 N–H and O–H groups in total. The Morgan fingerprint density at radius 1 is 1.58 bits per heavy atom. The molecule has 1 aromatic rings. The van der Waals surface area contributed by atoms with E-state index in [0.717, 1.165) is 34.6 Å². The van der Waals surface area contributed by atoms with Gasteiger partial charge in [-0.1, -0.05) is 18.7 Å². The molecule has 1 heterocycles. The highest BCUT2D eigenvalue weighted by Gasteiger charge is 2.01. The van der Waals surface area contributed by atoms with Gasteiger partial charge in [0.1, 0.15) is 5.82 Å². The molecule has 0 amide bonds. The van der Waals surface area contributed by atoms with Gasteiger partial charge in [-0.2, -0.15) is 4.37 Å². The second-order valence-electron chi connectivity index (χ2n) is 2.22. The van der Waals surface area contributed by atoms with Crippen molar-refractivity contribution in [2.45, 2.75) is 24.1 Å². The van der Waals surface area contributed by atoms with Crippen LogP contribution in [0.5, 0.6) is 0 Å². The molecule has 0 aliphatic heterocycles. The zero-order chi connectivity index (χ0) is 8.81. The largest absolute Gasteiger partial charge is 0.213 e. The minimum Gasteiger partial charge on any atom is -0.213 e. The van der Waals surface area contributed by atoms with E-state index in [1.54, 1.807) is 11.8 Å². The SMILES string of the molecule is CCc1nsc(SCCCCl)n1. The van der Waals surface area contributed by atoms with Crippen molar-refractivity contribution < 1.29 is 0 Å². The fourth-order valence-electron chi connectivity index (χ4n) is 0.654. The third kappa shape index (κ3) is 3.29. The second kappa shape index (κ2) is 5.78. The number of thioether (sulfide) groups is 1. The van der Waals surface area contributed by atoms with Crippen LogP contribution >= 0.6 is 34.9 Å². The topological polar surface area (TPSA) is 25.8 Å². The lowest BCUT2D eigenvalue weighted by atomic mass is 10.5. The molecular formula is C7H11ClN2S2. The van der Waals surface area contributed by atoms with Crippen LogP contribution in [0.3, 0.4) is 0 Å². The molecule has 0 aliphatic carbocycles. The Morgan fingerprint density at radius 2 is 2.42 bits per heavy atom. The van der Waals surface area contributed by atoms with Gasteiger partial charge in [0.25, 0.3) is 0 Å². The maximum atomic E-state index is 5.55. The molecule has 0 bridgehead atoms. The summed E-state index contributed by atoms with van der Waals surface area (Å²) in [5, 5.41) is 0. The van der Waals surface area contributed by atoms with Crippen LogP contribution in [0.1, 0.15) is 19.2 Å². The van der Waals surface area contributed by atoms with Crippen LogP contribution in [0.15, 0.2) is 4.34 Å². The Balaban J connectivity index is 2.31. The number of nitrogens with zero attached hydrogens (tertiary/aromatic N) is 2. The third-order valence-corrected chi connectivity index (χ3v) is 3.49. The number of hydrogen-bond donors (Lipinski definition) is 0. The van der Waals surface area contributed by atoms with E-state index in [0.29, 0.717) is 0 Å². The van der Waals surface area contributed by atoms with Gasteiger partial charge >= 0.3 is 0 Å². The van der Waals surface area contributed by atoms with Crippen LogP contribution in [-0.2, 0) is 6.42 Å². The molecule has 0 atom stereocenters. The molecule has 1 aromatic heterocycles. The van der Waals surface area contributed by atoms with Crippen molar-refractivity contribution in [2.24, 2.45) is 0 Å². The van der Waals surface area contributed by atoms with E-state index in [9.17, 15) is 0 Å². The average Bonchev–Trinajstić information content (AvgIpc) is 2.53. The summed E-state index contributed by atoms with van der Waals surface area (Å²) in [6.45, 7) is 2.06. The molecule has 0 unspecified atom stereocenters. The highest BCUT2D eigenvalue weighted by atomic mass is 35.5. The van der Waals surface area contributed by atoms with Gasteiger partial charge in [0.15, 0.2) is 4.34 Å². The minimum absolute atomic E-state index is 0.729. The fourth-order valence-corrected chi connectivity index (χ4v) is 2.65. The molecule has 0 spiro atoms. The molecule has 0 radical (unpaired) electrons. The van der Waals surface area contributed by atoms with Crippen LogP contribution in [0.2, 0.25) is 0 Å². The number of alkyl halides is 1. The van der Waals surface area contributed by atoms with Crippen LogP contribution in [0.25, 0.3) is 0 Å². The van der Waals surface area contributed by atoms with Gasteiger partial charge in [0, 0.05) is 18.1 Å².